The van der Waals surface area contributed by atoms with Crippen molar-refractivity contribution in [3.05, 3.63) is 26.6 Å². The molecular formula is C21H28N4O3S2. The number of nitrogens with one attached hydrogen (secondary N) is 3. The number of H-pyrrole nitrogens is 1. The largest absolute Gasteiger partial charge is 0.354 e. The molecule has 162 valence electrons. The molecule has 0 saturated heterocycles. The Bertz CT molecular complexity index is 979. The van der Waals surface area contributed by atoms with Crippen LogP contribution in [0.15, 0.2) is 4.79 Å². The van der Waals surface area contributed by atoms with Crippen molar-refractivity contribution in [2.75, 3.05) is 18.8 Å². The second-order valence-corrected chi connectivity index (χ2v) is 10.2. The van der Waals surface area contributed by atoms with E-state index in [-0.39, 0.29) is 23.3 Å². The number of nitrogens with zero attached hydrogens (tertiary/aromatic N) is 1. The van der Waals surface area contributed by atoms with Crippen LogP contribution in [0.25, 0.3) is 10.2 Å². The van der Waals surface area contributed by atoms with Crippen molar-refractivity contribution in [2.24, 2.45) is 5.92 Å². The van der Waals surface area contributed by atoms with Gasteiger partial charge in [-0.3, -0.25) is 14.4 Å². The fraction of sp³-hybridized carbons (Fsp3) is 0.619. The highest BCUT2D eigenvalue weighted by molar-refractivity contribution is 7.98. The third-order valence-corrected chi connectivity index (χ3v) is 7.96. The van der Waals surface area contributed by atoms with Gasteiger partial charge in [0.05, 0.1) is 11.1 Å². The van der Waals surface area contributed by atoms with Crippen LogP contribution in [0.1, 0.15) is 54.8 Å². The van der Waals surface area contributed by atoms with E-state index in [1.807, 2.05) is 0 Å². The highest BCUT2D eigenvalue weighted by atomic mass is 32.2. The predicted molar refractivity (Wildman–Crippen MR) is 121 cm³/mol. The third-order valence-electron chi connectivity index (χ3n) is 5.81. The summed E-state index contributed by atoms with van der Waals surface area (Å²) >= 11 is 3.23. The zero-order chi connectivity index (χ0) is 20.9. The summed E-state index contributed by atoms with van der Waals surface area (Å²) in [6.07, 6.45) is 7.81. The smallest absolute Gasteiger partial charge is 0.259 e. The molecule has 0 atom stereocenters. The Kier molecular flexibility index (Phi) is 7.09. The molecule has 0 bridgehead atoms. The lowest BCUT2D eigenvalue weighted by atomic mass is 10.1. The molecule has 30 heavy (non-hydrogen) atoms. The van der Waals surface area contributed by atoms with E-state index in [1.54, 1.807) is 23.1 Å². The highest BCUT2D eigenvalue weighted by Gasteiger charge is 2.22. The summed E-state index contributed by atoms with van der Waals surface area (Å²) in [6.45, 7) is 0.931. The number of carbonyl (C=O) groups excluding carboxylic acids is 2. The van der Waals surface area contributed by atoms with Crippen LogP contribution in [0.5, 0.6) is 0 Å². The molecule has 7 nitrogen and oxygen atoms in total. The van der Waals surface area contributed by atoms with E-state index in [9.17, 15) is 14.4 Å². The summed E-state index contributed by atoms with van der Waals surface area (Å²) in [5.74, 6) is 2.16. The lowest BCUT2D eigenvalue weighted by molar-refractivity contribution is -0.125. The molecule has 4 rings (SSSR count). The molecule has 0 aliphatic heterocycles. The van der Waals surface area contributed by atoms with Crippen molar-refractivity contribution in [1.29, 1.82) is 0 Å². The van der Waals surface area contributed by atoms with Crippen molar-refractivity contribution in [3.8, 4) is 0 Å². The van der Waals surface area contributed by atoms with Crippen LogP contribution in [0.4, 0.5) is 0 Å². The molecule has 0 radical (unpaired) electrons. The van der Waals surface area contributed by atoms with Crippen molar-refractivity contribution in [1.82, 2.24) is 20.6 Å². The van der Waals surface area contributed by atoms with Gasteiger partial charge in [-0.1, -0.05) is 12.8 Å². The van der Waals surface area contributed by atoms with Gasteiger partial charge in [-0.25, -0.2) is 4.98 Å². The summed E-state index contributed by atoms with van der Waals surface area (Å²) in [6, 6.07) is 0. The van der Waals surface area contributed by atoms with E-state index in [0.717, 1.165) is 55.2 Å². The Morgan fingerprint density at radius 2 is 1.93 bits per heavy atom. The van der Waals surface area contributed by atoms with E-state index < -0.39 is 0 Å². The number of rotatable bonds is 9. The maximum Gasteiger partial charge on any atom is 0.259 e. The van der Waals surface area contributed by atoms with Crippen LogP contribution < -0.4 is 16.2 Å². The van der Waals surface area contributed by atoms with E-state index in [2.05, 4.69) is 20.6 Å². The van der Waals surface area contributed by atoms with E-state index in [4.69, 9.17) is 0 Å². The second kappa shape index (κ2) is 9.96. The molecule has 1 saturated carbocycles. The SMILES string of the molecule is O=C(CCSCc1nc2sc3c(c2c(=O)[nH]1)CCC3)NCCNC(=O)C1CCCC1. The number of hydrogen-bond acceptors (Lipinski definition) is 6. The van der Waals surface area contributed by atoms with Crippen LogP contribution in [-0.4, -0.2) is 40.6 Å². The molecule has 9 heteroatoms. The standard InChI is InChI=1S/C21H28N4O3S2/c26-17(22-9-10-23-19(27)13-4-1-2-5-13)8-11-29-12-16-24-20(28)18-14-6-3-7-15(14)30-21(18)25-16/h13H,1-12H2,(H,22,26)(H,23,27)(H,24,25,28). The topological polar surface area (TPSA) is 104 Å². The second-order valence-electron chi connectivity index (χ2n) is 7.98. The van der Waals surface area contributed by atoms with Gasteiger partial charge in [-0.2, -0.15) is 11.8 Å². The molecule has 2 amide bonds. The average molecular weight is 449 g/mol. The lowest BCUT2D eigenvalue weighted by Crippen LogP contribution is -2.37. The zero-order valence-corrected chi connectivity index (χ0v) is 18.7. The molecule has 0 spiro atoms. The first-order chi connectivity index (χ1) is 14.6. The maximum atomic E-state index is 12.4. The number of fused-ring (bicyclic) bond motifs is 3. The van der Waals surface area contributed by atoms with Gasteiger partial charge in [0.15, 0.2) is 0 Å². The summed E-state index contributed by atoms with van der Waals surface area (Å²) in [5.41, 5.74) is 1.16. The van der Waals surface area contributed by atoms with Crippen molar-refractivity contribution in [3.63, 3.8) is 0 Å². The Labute approximate surface area is 183 Å². The minimum atomic E-state index is -0.0348. The van der Waals surface area contributed by atoms with Gasteiger partial charge in [0.25, 0.3) is 5.56 Å². The van der Waals surface area contributed by atoms with Crippen LogP contribution in [0, 0.1) is 5.92 Å². The molecule has 0 unspecified atom stereocenters. The number of aryl methyl sites for hydroxylation is 2. The molecular weight excluding hydrogens is 420 g/mol. The first-order valence-corrected chi connectivity index (χ1v) is 12.7. The first kappa shape index (κ1) is 21.4. The Balaban J connectivity index is 1.14. The Morgan fingerprint density at radius 1 is 1.13 bits per heavy atom. The molecule has 2 heterocycles. The van der Waals surface area contributed by atoms with Crippen molar-refractivity contribution in [2.45, 2.75) is 57.1 Å². The summed E-state index contributed by atoms with van der Waals surface area (Å²) in [7, 11) is 0. The number of thiophene rings is 1. The summed E-state index contributed by atoms with van der Waals surface area (Å²) < 4.78 is 0. The van der Waals surface area contributed by atoms with Gasteiger partial charge in [0, 0.05) is 36.1 Å². The van der Waals surface area contributed by atoms with Gasteiger partial charge in [-0.05, 0) is 37.7 Å². The molecule has 0 aromatic carbocycles. The fourth-order valence-electron chi connectivity index (χ4n) is 4.26. The number of aromatic nitrogens is 2. The van der Waals surface area contributed by atoms with Gasteiger partial charge >= 0.3 is 0 Å². The third kappa shape index (κ3) is 5.06. The minimum absolute atomic E-state index is 0.0239. The number of aromatic amines is 1. The van der Waals surface area contributed by atoms with Crippen LogP contribution in [0.2, 0.25) is 0 Å². The van der Waals surface area contributed by atoms with Gasteiger partial charge in [-0.15, -0.1) is 11.3 Å². The zero-order valence-electron chi connectivity index (χ0n) is 17.1. The minimum Gasteiger partial charge on any atom is -0.354 e. The average Bonchev–Trinajstić information content (AvgIpc) is 3.45. The molecule has 2 aliphatic rings. The predicted octanol–water partition coefficient (Wildman–Crippen LogP) is 2.52. The van der Waals surface area contributed by atoms with Gasteiger partial charge < -0.3 is 15.6 Å². The quantitative estimate of drug-likeness (QED) is 0.512. The molecule has 3 N–H and O–H groups in total. The van der Waals surface area contributed by atoms with Crippen molar-refractivity contribution < 1.29 is 9.59 Å². The molecule has 2 aliphatic carbocycles. The number of thioether (sulfide) groups is 1. The number of hydrogen-bond donors (Lipinski definition) is 3. The van der Waals surface area contributed by atoms with Crippen LogP contribution in [0.3, 0.4) is 0 Å². The summed E-state index contributed by atoms with van der Waals surface area (Å²) in [4.78, 5) is 46.0. The Morgan fingerprint density at radius 3 is 2.77 bits per heavy atom. The maximum absolute atomic E-state index is 12.4. The van der Waals surface area contributed by atoms with E-state index in [1.165, 1.54) is 10.4 Å². The lowest BCUT2D eigenvalue weighted by Gasteiger charge is -2.10. The fourth-order valence-corrected chi connectivity index (χ4v) is 6.34. The van der Waals surface area contributed by atoms with Gasteiger partial charge in [0.2, 0.25) is 11.8 Å². The normalized spacial score (nSPS) is 16.1. The van der Waals surface area contributed by atoms with Crippen molar-refractivity contribution >= 4 is 45.1 Å². The Hall–Kier alpha value is -1.87. The van der Waals surface area contributed by atoms with E-state index in [0.29, 0.717) is 36.8 Å². The number of carbonyl (C=O) groups is 2. The molecule has 1 fully saturated rings. The monoisotopic (exact) mass is 448 g/mol. The molecule has 2 aromatic heterocycles. The van der Waals surface area contributed by atoms with Crippen LogP contribution >= 0.6 is 23.1 Å². The van der Waals surface area contributed by atoms with Crippen LogP contribution in [-0.2, 0) is 28.2 Å². The first-order valence-electron chi connectivity index (χ1n) is 10.8. The summed E-state index contributed by atoms with van der Waals surface area (Å²) in [5, 5.41) is 6.52. The molecule has 2 aromatic rings. The number of amides is 2. The van der Waals surface area contributed by atoms with E-state index >= 15 is 0 Å². The van der Waals surface area contributed by atoms with Gasteiger partial charge in [0.1, 0.15) is 10.7 Å². The highest BCUT2D eigenvalue weighted by Crippen LogP contribution is 2.34.